The first kappa shape index (κ1) is 15.9. The first-order valence-electron chi connectivity index (χ1n) is 7.88. The average Bonchev–Trinajstić information content (AvgIpc) is 2.61. The van der Waals surface area contributed by atoms with Crippen LogP contribution in [0.1, 0.15) is 18.9 Å². The molecule has 0 aliphatic carbocycles. The summed E-state index contributed by atoms with van der Waals surface area (Å²) in [6, 6.07) is 17.3. The van der Waals surface area contributed by atoms with Crippen molar-refractivity contribution in [3.63, 3.8) is 0 Å². The number of benzene rings is 2. The number of rotatable bonds is 6. The lowest BCUT2D eigenvalue weighted by atomic mass is 10.2. The molecule has 5 heteroatoms. The van der Waals surface area contributed by atoms with Crippen LogP contribution in [0.2, 0.25) is 0 Å². The van der Waals surface area contributed by atoms with E-state index in [-0.39, 0.29) is 18.4 Å². The monoisotopic (exact) mass is 321 g/mol. The van der Waals surface area contributed by atoms with E-state index in [0.717, 1.165) is 22.3 Å². The molecule has 1 N–H and O–H groups in total. The van der Waals surface area contributed by atoms with E-state index >= 15 is 0 Å². The molecule has 2 aromatic carbocycles. The van der Waals surface area contributed by atoms with Crippen LogP contribution in [-0.4, -0.2) is 22.0 Å². The van der Waals surface area contributed by atoms with Crippen molar-refractivity contribution in [3.05, 3.63) is 66.5 Å². The highest BCUT2D eigenvalue weighted by Gasteiger charge is 2.12. The third-order valence-corrected chi connectivity index (χ3v) is 3.64. The minimum absolute atomic E-state index is 0.0911. The second-order valence-electron chi connectivity index (χ2n) is 5.64. The average molecular weight is 321 g/mol. The van der Waals surface area contributed by atoms with Gasteiger partial charge in [-0.2, -0.15) is 0 Å². The molecule has 0 spiro atoms. The van der Waals surface area contributed by atoms with Crippen LogP contribution < -0.4 is 5.32 Å². The summed E-state index contributed by atoms with van der Waals surface area (Å²) in [5.74, 6) is 0.487. The molecule has 1 heterocycles. The first-order valence-corrected chi connectivity index (χ1v) is 7.88. The minimum atomic E-state index is -0.239. The van der Waals surface area contributed by atoms with Crippen molar-refractivity contribution in [2.45, 2.75) is 26.0 Å². The van der Waals surface area contributed by atoms with Gasteiger partial charge in [-0.1, -0.05) is 42.5 Å². The van der Waals surface area contributed by atoms with Gasteiger partial charge in [0, 0.05) is 11.4 Å². The van der Waals surface area contributed by atoms with E-state index in [4.69, 9.17) is 4.74 Å². The molecule has 0 saturated carbocycles. The van der Waals surface area contributed by atoms with Crippen LogP contribution in [0.4, 0.5) is 5.82 Å². The molecule has 0 saturated heterocycles. The molecule has 1 atom stereocenters. The molecule has 0 amide bonds. The molecule has 122 valence electrons. The first-order chi connectivity index (χ1) is 11.7. The highest BCUT2D eigenvalue weighted by Crippen LogP contribution is 2.19. The van der Waals surface area contributed by atoms with Crippen molar-refractivity contribution < 1.29 is 9.53 Å². The topological polar surface area (TPSA) is 64.1 Å². The van der Waals surface area contributed by atoms with Gasteiger partial charge in [-0.3, -0.25) is 4.79 Å². The molecule has 24 heavy (non-hydrogen) atoms. The lowest BCUT2D eigenvalue weighted by Gasteiger charge is -2.15. The summed E-state index contributed by atoms with van der Waals surface area (Å²) in [6.45, 7) is 2.23. The normalized spacial score (nSPS) is 11.9. The number of carbonyl (C=O) groups excluding carboxylic acids is 1. The van der Waals surface area contributed by atoms with Gasteiger partial charge in [0.1, 0.15) is 18.8 Å². The fourth-order valence-corrected chi connectivity index (χ4v) is 2.45. The number of anilines is 1. The second kappa shape index (κ2) is 7.55. The number of ether oxygens (including phenoxy) is 1. The van der Waals surface area contributed by atoms with Gasteiger partial charge in [-0.15, -0.1) is 0 Å². The van der Waals surface area contributed by atoms with Gasteiger partial charge in [-0.25, -0.2) is 9.97 Å². The van der Waals surface area contributed by atoms with Crippen molar-refractivity contribution in [3.8, 4) is 0 Å². The Hall–Kier alpha value is -2.95. The van der Waals surface area contributed by atoms with Crippen molar-refractivity contribution in [2.75, 3.05) is 5.32 Å². The SMILES string of the molecule is CC(CC(=O)OCc1ccccc1)Nc1ncnc2ccccc12. The number of hydrogen-bond donors (Lipinski definition) is 1. The Labute approximate surface area is 140 Å². The Kier molecular flexibility index (Phi) is 5.01. The molecule has 0 radical (unpaired) electrons. The highest BCUT2D eigenvalue weighted by atomic mass is 16.5. The zero-order valence-electron chi connectivity index (χ0n) is 13.5. The Bertz CT molecular complexity index is 816. The van der Waals surface area contributed by atoms with Gasteiger partial charge >= 0.3 is 5.97 Å². The Morgan fingerprint density at radius 2 is 1.83 bits per heavy atom. The maximum Gasteiger partial charge on any atom is 0.308 e. The number of para-hydroxylation sites is 1. The maximum atomic E-state index is 12.0. The molecule has 3 rings (SSSR count). The van der Waals surface area contributed by atoms with Crippen LogP contribution in [0.25, 0.3) is 10.9 Å². The molecular weight excluding hydrogens is 302 g/mol. The van der Waals surface area contributed by atoms with Gasteiger partial charge in [0.05, 0.1) is 11.9 Å². The molecule has 1 aromatic heterocycles. The molecule has 3 aromatic rings. The lowest BCUT2D eigenvalue weighted by Crippen LogP contribution is -2.21. The van der Waals surface area contributed by atoms with Gasteiger partial charge in [0.25, 0.3) is 0 Å². The summed E-state index contributed by atoms with van der Waals surface area (Å²) < 4.78 is 5.31. The Balaban J connectivity index is 1.56. The lowest BCUT2D eigenvalue weighted by molar-refractivity contribution is -0.145. The Morgan fingerprint density at radius 1 is 1.08 bits per heavy atom. The largest absolute Gasteiger partial charge is 0.461 e. The zero-order chi connectivity index (χ0) is 16.8. The highest BCUT2D eigenvalue weighted by molar-refractivity contribution is 5.88. The van der Waals surface area contributed by atoms with E-state index in [9.17, 15) is 4.79 Å². The van der Waals surface area contributed by atoms with E-state index in [2.05, 4.69) is 15.3 Å². The van der Waals surface area contributed by atoms with Gasteiger partial charge in [0.2, 0.25) is 0 Å². The number of carbonyl (C=O) groups is 1. The van der Waals surface area contributed by atoms with E-state index in [0.29, 0.717) is 6.61 Å². The third-order valence-electron chi connectivity index (χ3n) is 3.64. The van der Waals surface area contributed by atoms with Crippen LogP contribution in [-0.2, 0) is 16.1 Å². The number of nitrogens with zero attached hydrogens (tertiary/aromatic N) is 2. The summed E-state index contributed by atoms with van der Waals surface area (Å²) in [5.41, 5.74) is 1.85. The number of nitrogens with one attached hydrogen (secondary N) is 1. The summed E-state index contributed by atoms with van der Waals surface area (Å²) in [5, 5.41) is 4.20. The minimum Gasteiger partial charge on any atom is -0.461 e. The van der Waals surface area contributed by atoms with E-state index in [1.165, 1.54) is 6.33 Å². The van der Waals surface area contributed by atoms with Gasteiger partial charge < -0.3 is 10.1 Å². The maximum absolute atomic E-state index is 12.0. The smallest absolute Gasteiger partial charge is 0.308 e. The Morgan fingerprint density at radius 3 is 2.67 bits per heavy atom. The second-order valence-corrected chi connectivity index (χ2v) is 5.64. The third kappa shape index (κ3) is 4.07. The van der Waals surface area contributed by atoms with Crippen LogP contribution in [0.5, 0.6) is 0 Å². The van der Waals surface area contributed by atoms with Crippen molar-refractivity contribution in [1.82, 2.24) is 9.97 Å². The van der Waals surface area contributed by atoms with Crippen LogP contribution in [0.3, 0.4) is 0 Å². The predicted molar refractivity (Wildman–Crippen MR) is 93.5 cm³/mol. The van der Waals surface area contributed by atoms with Crippen LogP contribution in [0, 0.1) is 0 Å². The van der Waals surface area contributed by atoms with Crippen molar-refractivity contribution in [1.29, 1.82) is 0 Å². The van der Waals surface area contributed by atoms with Crippen LogP contribution in [0.15, 0.2) is 60.9 Å². The fourth-order valence-electron chi connectivity index (χ4n) is 2.45. The summed E-state index contributed by atoms with van der Waals surface area (Å²) in [6.07, 6.45) is 1.79. The molecule has 0 aliphatic rings. The quantitative estimate of drug-likeness (QED) is 0.703. The summed E-state index contributed by atoms with van der Waals surface area (Å²) in [4.78, 5) is 20.5. The van der Waals surface area contributed by atoms with E-state index in [1.807, 2.05) is 61.5 Å². The fraction of sp³-hybridized carbons (Fsp3) is 0.211. The molecular formula is C19H19N3O2. The zero-order valence-corrected chi connectivity index (χ0v) is 13.5. The van der Waals surface area contributed by atoms with E-state index < -0.39 is 0 Å². The molecule has 5 nitrogen and oxygen atoms in total. The van der Waals surface area contributed by atoms with E-state index in [1.54, 1.807) is 0 Å². The van der Waals surface area contributed by atoms with Crippen LogP contribution >= 0.6 is 0 Å². The summed E-state index contributed by atoms with van der Waals surface area (Å²) >= 11 is 0. The molecule has 0 fully saturated rings. The number of fused-ring (bicyclic) bond motifs is 1. The van der Waals surface area contributed by atoms with Gasteiger partial charge in [0.15, 0.2) is 0 Å². The number of esters is 1. The number of hydrogen-bond acceptors (Lipinski definition) is 5. The standard InChI is InChI=1S/C19H19N3O2/c1-14(11-18(23)24-12-15-7-3-2-4-8-15)22-19-16-9-5-6-10-17(16)20-13-21-19/h2-10,13-14H,11-12H2,1H3,(H,20,21,22). The predicted octanol–water partition coefficient (Wildman–Crippen LogP) is 3.56. The number of aromatic nitrogens is 2. The molecule has 0 bridgehead atoms. The molecule has 1 unspecified atom stereocenters. The van der Waals surface area contributed by atoms with Crippen molar-refractivity contribution >= 4 is 22.7 Å². The summed E-state index contributed by atoms with van der Waals surface area (Å²) in [7, 11) is 0. The molecule has 0 aliphatic heterocycles. The van der Waals surface area contributed by atoms with Gasteiger partial charge in [-0.05, 0) is 24.6 Å². The van der Waals surface area contributed by atoms with Crippen molar-refractivity contribution in [2.24, 2.45) is 0 Å².